The van der Waals surface area contributed by atoms with Crippen LogP contribution in [0.15, 0.2) is 24.3 Å². The fourth-order valence-electron chi connectivity index (χ4n) is 6.55. The molecule has 2 bridgehead atoms. The van der Waals surface area contributed by atoms with Crippen LogP contribution in [0.2, 0.25) is 0 Å². The highest BCUT2D eigenvalue weighted by Crippen LogP contribution is 2.52. The van der Waals surface area contributed by atoms with E-state index in [9.17, 15) is 9.59 Å². The van der Waals surface area contributed by atoms with E-state index in [4.69, 9.17) is 0 Å². The highest BCUT2D eigenvalue weighted by Gasteiger charge is 2.51. The van der Waals surface area contributed by atoms with Gasteiger partial charge in [-0.3, -0.25) is 14.5 Å². The largest absolute Gasteiger partial charge is 0.335 e. The number of likely N-dealkylation sites (tertiary alicyclic amines) is 2. The third kappa shape index (κ3) is 5.18. The Labute approximate surface area is 193 Å². The van der Waals surface area contributed by atoms with Crippen LogP contribution >= 0.6 is 0 Å². The monoisotopic (exact) mass is 440 g/mol. The molecule has 2 atom stereocenters. The van der Waals surface area contributed by atoms with Gasteiger partial charge in [-0.25, -0.2) is 0 Å². The van der Waals surface area contributed by atoms with Gasteiger partial charge in [0.05, 0.1) is 6.54 Å². The lowest BCUT2D eigenvalue weighted by Gasteiger charge is -2.39. The molecule has 1 aromatic rings. The van der Waals surface area contributed by atoms with Crippen LogP contribution in [0.5, 0.6) is 0 Å². The van der Waals surface area contributed by atoms with Crippen molar-refractivity contribution in [3.63, 3.8) is 0 Å². The fourth-order valence-corrected chi connectivity index (χ4v) is 6.55. The summed E-state index contributed by atoms with van der Waals surface area (Å²) < 4.78 is 0. The molecule has 2 heterocycles. The summed E-state index contributed by atoms with van der Waals surface area (Å²) >= 11 is 0. The normalized spacial score (nSPS) is 28.2. The molecule has 2 saturated heterocycles. The van der Waals surface area contributed by atoms with Gasteiger partial charge in [0.2, 0.25) is 5.91 Å². The van der Waals surface area contributed by atoms with Crippen LogP contribution in [0.1, 0.15) is 63.2 Å². The maximum atomic E-state index is 13.2. The summed E-state index contributed by atoms with van der Waals surface area (Å²) in [5.41, 5.74) is 1.98. The van der Waals surface area contributed by atoms with Crippen molar-refractivity contribution in [3.8, 4) is 0 Å². The van der Waals surface area contributed by atoms with E-state index in [1.807, 2.05) is 31.3 Å². The molecule has 1 saturated carbocycles. The average Bonchev–Trinajstić information content (AvgIpc) is 2.97. The minimum Gasteiger partial charge on any atom is -0.335 e. The zero-order valence-electron chi connectivity index (χ0n) is 20.5. The van der Waals surface area contributed by atoms with Gasteiger partial charge in [0.25, 0.3) is 5.91 Å². The number of nitrogens with zero attached hydrogens (tertiary/aromatic N) is 3. The number of hydrogen-bond donors (Lipinski definition) is 1. The van der Waals surface area contributed by atoms with Gasteiger partial charge in [0, 0.05) is 29.9 Å². The van der Waals surface area contributed by atoms with Crippen LogP contribution in [-0.4, -0.2) is 78.9 Å². The number of amides is 2. The Morgan fingerprint density at radius 2 is 1.75 bits per heavy atom. The summed E-state index contributed by atoms with van der Waals surface area (Å²) in [6.07, 6.45) is 5.57. The molecule has 0 aromatic heterocycles. The minimum atomic E-state index is -0.00555. The summed E-state index contributed by atoms with van der Waals surface area (Å²) in [5.74, 6) is 0.116. The van der Waals surface area contributed by atoms with Crippen LogP contribution < -0.4 is 5.32 Å². The van der Waals surface area contributed by atoms with E-state index in [-0.39, 0.29) is 17.2 Å². The van der Waals surface area contributed by atoms with Crippen molar-refractivity contribution < 1.29 is 9.59 Å². The topological polar surface area (TPSA) is 55.9 Å². The standard InChI is InChI=1S/C26H40N4O2/c1-25(2)14-22-15-26(3,17-25)18-30(22)24(32)19-6-8-20(9-7-19)27-23(31)16-29(5)21-10-12-28(4)13-11-21/h6-9,21-22H,10-18H2,1-5H3,(H,27,31). The summed E-state index contributed by atoms with van der Waals surface area (Å²) in [5, 5.41) is 2.99. The molecule has 32 heavy (non-hydrogen) atoms. The van der Waals surface area contributed by atoms with Gasteiger partial charge in [-0.1, -0.05) is 20.8 Å². The predicted molar refractivity (Wildman–Crippen MR) is 129 cm³/mol. The van der Waals surface area contributed by atoms with E-state index < -0.39 is 0 Å². The summed E-state index contributed by atoms with van der Waals surface area (Å²) in [7, 11) is 4.18. The number of hydrogen-bond acceptors (Lipinski definition) is 4. The lowest BCUT2D eigenvalue weighted by Crippen LogP contribution is -2.44. The number of piperidine rings is 1. The molecule has 6 heteroatoms. The van der Waals surface area contributed by atoms with Gasteiger partial charge in [-0.2, -0.15) is 0 Å². The first-order valence-corrected chi connectivity index (χ1v) is 12.1. The van der Waals surface area contributed by atoms with Crippen LogP contribution in [0.3, 0.4) is 0 Å². The number of rotatable bonds is 5. The molecule has 0 radical (unpaired) electrons. The van der Waals surface area contributed by atoms with Gasteiger partial charge in [0.1, 0.15) is 0 Å². The molecule has 0 spiro atoms. The van der Waals surface area contributed by atoms with Crippen molar-refractivity contribution in [2.45, 2.75) is 65.0 Å². The Balaban J connectivity index is 1.32. The van der Waals surface area contributed by atoms with Gasteiger partial charge in [-0.15, -0.1) is 0 Å². The number of fused-ring (bicyclic) bond motifs is 2. The van der Waals surface area contributed by atoms with E-state index in [1.54, 1.807) is 0 Å². The van der Waals surface area contributed by atoms with Gasteiger partial charge >= 0.3 is 0 Å². The predicted octanol–water partition coefficient (Wildman–Crippen LogP) is 3.69. The van der Waals surface area contributed by atoms with E-state index in [0.717, 1.165) is 51.0 Å². The Morgan fingerprint density at radius 1 is 1.09 bits per heavy atom. The third-order valence-electron chi connectivity index (χ3n) is 7.80. The highest BCUT2D eigenvalue weighted by molar-refractivity contribution is 5.96. The zero-order chi connectivity index (χ0) is 23.1. The summed E-state index contributed by atoms with van der Waals surface area (Å²) in [4.78, 5) is 32.4. The van der Waals surface area contributed by atoms with Crippen molar-refractivity contribution in [1.29, 1.82) is 0 Å². The van der Waals surface area contributed by atoms with E-state index in [1.165, 1.54) is 6.42 Å². The lowest BCUT2D eigenvalue weighted by molar-refractivity contribution is -0.117. The molecule has 3 fully saturated rings. The smallest absolute Gasteiger partial charge is 0.254 e. The Morgan fingerprint density at radius 3 is 2.41 bits per heavy atom. The first-order valence-electron chi connectivity index (χ1n) is 12.1. The summed E-state index contributed by atoms with van der Waals surface area (Å²) in [6.45, 7) is 10.4. The zero-order valence-corrected chi connectivity index (χ0v) is 20.5. The maximum absolute atomic E-state index is 13.2. The first kappa shape index (κ1) is 23.2. The van der Waals surface area contributed by atoms with Crippen LogP contribution in [0, 0.1) is 10.8 Å². The second kappa shape index (κ2) is 8.79. The molecule has 3 aliphatic rings. The molecule has 1 aliphatic carbocycles. The molecule has 2 amide bonds. The van der Waals surface area contributed by atoms with Crippen LogP contribution in [0.25, 0.3) is 0 Å². The van der Waals surface area contributed by atoms with Crippen molar-refractivity contribution in [2.75, 3.05) is 45.6 Å². The quantitative estimate of drug-likeness (QED) is 0.759. The molecule has 4 rings (SSSR count). The molecule has 6 nitrogen and oxygen atoms in total. The van der Waals surface area contributed by atoms with Crippen molar-refractivity contribution >= 4 is 17.5 Å². The molecular formula is C26H40N4O2. The van der Waals surface area contributed by atoms with Gasteiger partial charge in [0.15, 0.2) is 0 Å². The Hall–Kier alpha value is -1.92. The highest BCUT2D eigenvalue weighted by atomic mass is 16.2. The minimum absolute atomic E-state index is 0.00555. The molecular weight excluding hydrogens is 400 g/mol. The van der Waals surface area contributed by atoms with Crippen LogP contribution in [0.4, 0.5) is 5.69 Å². The number of carbonyl (C=O) groups excluding carboxylic acids is 2. The lowest BCUT2D eigenvalue weighted by atomic mass is 9.65. The molecule has 1 aromatic carbocycles. The third-order valence-corrected chi connectivity index (χ3v) is 7.80. The molecule has 1 N–H and O–H groups in total. The maximum Gasteiger partial charge on any atom is 0.254 e. The van der Waals surface area contributed by atoms with Gasteiger partial charge in [-0.05, 0) is 94.4 Å². The van der Waals surface area contributed by atoms with Crippen molar-refractivity contribution in [3.05, 3.63) is 29.8 Å². The number of anilines is 1. The van der Waals surface area contributed by atoms with E-state index >= 15 is 0 Å². The number of nitrogens with one attached hydrogen (secondary N) is 1. The fraction of sp³-hybridized carbons (Fsp3) is 0.692. The number of benzene rings is 1. The van der Waals surface area contributed by atoms with E-state index in [0.29, 0.717) is 29.6 Å². The molecule has 2 unspecified atom stereocenters. The number of carbonyl (C=O) groups is 2. The van der Waals surface area contributed by atoms with E-state index in [2.05, 4.69) is 47.8 Å². The Kier molecular flexibility index (Phi) is 6.38. The number of likely N-dealkylation sites (N-methyl/N-ethyl adjacent to an activating group) is 1. The van der Waals surface area contributed by atoms with Gasteiger partial charge < -0.3 is 15.1 Å². The first-order chi connectivity index (χ1) is 15.0. The summed E-state index contributed by atoms with van der Waals surface area (Å²) in [6, 6.07) is 8.22. The molecule has 176 valence electrons. The molecule has 2 aliphatic heterocycles. The average molecular weight is 441 g/mol. The van der Waals surface area contributed by atoms with Crippen molar-refractivity contribution in [2.24, 2.45) is 10.8 Å². The second-order valence-corrected chi connectivity index (χ2v) is 11.7. The second-order valence-electron chi connectivity index (χ2n) is 11.7. The van der Waals surface area contributed by atoms with Crippen molar-refractivity contribution in [1.82, 2.24) is 14.7 Å². The SMILES string of the molecule is CN1CCC(N(C)CC(=O)Nc2ccc(C(=O)N3CC4(C)CC3CC(C)(C)C4)cc2)CC1. The Bertz CT molecular complexity index is 844. The van der Waals surface area contributed by atoms with Crippen LogP contribution in [-0.2, 0) is 4.79 Å².